The summed E-state index contributed by atoms with van der Waals surface area (Å²) in [4.78, 5) is 16.2. The van der Waals surface area contributed by atoms with Crippen LogP contribution in [0, 0.1) is 6.92 Å². The zero-order valence-electron chi connectivity index (χ0n) is 13.5. The van der Waals surface area contributed by atoms with Gasteiger partial charge in [0.1, 0.15) is 10.6 Å². The lowest BCUT2D eigenvalue weighted by molar-refractivity contribution is 0.0605. The van der Waals surface area contributed by atoms with Gasteiger partial charge in [0, 0.05) is 0 Å². The molecule has 0 saturated carbocycles. The maximum absolute atomic E-state index is 11.5. The molecular formula is C16H19N3O3S. The summed E-state index contributed by atoms with van der Waals surface area (Å²) in [5, 5.41) is 4.67. The lowest BCUT2D eigenvalue weighted by atomic mass is 10.2. The molecule has 1 aromatic heterocycles. The number of nitrogens with zero attached hydrogens (tertiary/aromatic N) is 2. The normalized spacial score (nSPS) is 11.0. The first kappa shape index (κ1) is 17.0. The number of nitrogens with one attached hydrogen (secondary N) is 1. The number of anilines is 1. The van der Waals surface area contributed by atoms with Gasteiger partial charge in [0.2, 0.25) is 5.13 Å². The fourth-order valence-corrected chi connectivity index (χ4v) is 2.66. The number of benzene rings is 1. The topological polar surface area (TPSA) is 72.8 Å². The van der Waals surface area contributed by atoms with Crippen LogP contribution in [0.5, 0.6) is 5.75 Å². The zero-order chi connectivity index (χ0) is 16.8. The standard InChI is InChI=1S/C16H19N3O3S/c1-10(2)22-13-7-5-6-12(8-13)9-17-19-16-18-11(3)14(23-16)15(20)21-4/h5-10H,1-4H3,(H,18,19)/b17-9-. The Morgan fingerprint density at radius 2 is 2.22 bits per heavy atom. The second-order valence-corrected chi connectivity index (χ2v) is 6.03. The summed E-state index contributed by atoms with van der Waals surface area (Å²) in [7, 11) is 1.35. The maximum atomic E-state index is 11.5. The van der Waals surface area contributed by atoms with E-state index in [1.165, 1.54) is 18.4 Å². The van der Waals surface area contributed by atoms with E-state index in [-0.39, 0.29) is 6.10 Å². The highest BCUT2D eigenvalue weighted by molar-refractivity contribution is 7.17. The first-order valence-corrected chi connectivity index (χ1v) is 7.92. The Hall–Kier alpha value is -2.41. The fourth-order valence-electron chi connectivity index (χ4n) is 1.83. The second kappa shape index (κ2) is 7.73. The molecule has 0 atom stereocenters. The van der Waals surface area contributed by atoms with Crippen LogP contribution in [0.25, 0.3) is 0 Å². The van der Waals surface area contributed by atoms with Gasteiger partial charge in [-0.3, -0.25) is 5.43 Å². The lowest BCUT2D eigenvalue weighted by Crippen LogP contribution is -2.05. The summed E-state index contributed by atoms with van der Waals surface area (Å²) >= 11 is 1.20. The van der Waals surface area contributed by atoms with E-state index in [4.69, 9.17) is 9.47 Å². The van der Waals surface area contributed by atoms with Crippen molar-refractivity contribution in [3.05, 3.63) is 40.4 Å². The minimum Gasteiger partial charge on any atom is -0.491 e. The van der Waals surface area contributed by atoms with Gasteiger partial charge in [-0.2, -0.15) is 5.10 Å². The molecule has 23 heavy (non-hydrogen) atoms. The number of aryl methyl sites for hydroxylation is 1. The molecule has 7 heteroatoms. The van der Waals surface area contributed by atoms with Crippen molar-refractivity contribution in [3.8, 4) is 5.75 Å². The molecule has 0 spiro atoms. The molecule has 0 fully saturated rings. The third-order valence-corrected chi connectivity index (χ3v) is 3.81. The number of carbonyl (C=O) groups excluding carboxylic acids is 1. The van der Waals surface area contributed by atoms with Crippen molar-refractivity contribution in [3.63, 3.8) is 0 Å². The number of hydrogen-bond donors (Lipinski definition) is 1. The maximum Gasteiger partial charge on any atom is 0.350 e. The van der Waals surface area contributed by atoms with Crippen molar-refractivity contribution in [2.45, 2.75) is 26.9 Å². The monoisotopic (exact) mass is 333 g/mol. The smallest absolute Gasteiger partial charge is 0.350 e. The van der Waals surface area contributed by atoms with E-state index < -0.39 is 5.97 Å². The third kappa shape index (κ3) is 4.79. The summed E-state index contributed by atoms with van der Waals surface area (Å²) in [5.74, 6) is 0.401. The van der Waals surface area contributed by atoms with Gasteiger partial charge < -0.3 is 9.47 Å². The van der Waals surface area contributed by atoms with Crippen LogP contribution in [-0.2, 0) is 4.74 Å². The number of thiazole rings is 1. The predicted molar refractivity (Wildman–Crippen MR) is 91.6 cm³/mol. The molecule has 1 heterocycles. The van der Waals surface area contributed by atoms with Gasteiger partial charge in [-0.15, -0.1) is 0 Å². The molecule has 0 amide bonds. The average molecular weight is 333 g/mol. The molecule has 0 aliphatic carbocycles. The molecule has 0 bridgehead atoms. The van der Waals surface area contributed by atoms with Gasteiger partial charge in [-0.25, -0.2) is 9.78 Å². The van der Waals surface area contributed by atoms with Gasteiger partial charge in [-0.1, -0.05) is 23.5 Å². The SMILES string of the molecule is COC(=O)c1sc(N/N=C\c2cccc(OC(C)C)c2)nc1C. The summed E-state index contributed by atoms with van der Waals surface area (Å²) < 4.78 is 10.3. The Labute approximate surface area is 139 Å². The number of aromatic nitrogens is 1. The van der Waals surface area contributed by atoms with Gasteiger partial charge in [-0.05, 0) is 38.5 Å². The molecule has 6 nitrogen and oxygen atoms in total. The van der Waals surface area contributed by atoms with E-state index in [1.807, 2.05) is 38.1 Å². The van der Waals surface area contributed by atoms with Crippen LogP contribution >= 0.6 is 11.3 Å². The molecular weight excluding hydrogens is 314 g/mol. The minimum absolute atomic E-state index is 0.121. The van der Waals surface area contributed by atoms with Crippen molar-refractivity contribution in [1.29, 1.82) is 0 Å². The Morgan fingerprint density at radius 1 is 1.43 bits per heavy atom. The molecule has 0 saturated heterocycles. The number of hydrogen-bond acceptors (Lipinski definition) is 7. The van der Waals surface area contributed by atoms with Crippen LogP contribution in [0.15, 0.2) is 29.4 Å². The highest BCUT2D eigenvalue weighted by Crippen LogP contribution is 2.23. The highest BCUT2D eigenvalue weighted by Gasteiger charge is 2.15. The van der Waals surface area contributed by atoms with E-state index in [2.05, 4.69) is 15.5 Å². The van der Waals surface area contributed by atoms with Crippen molar-refractivity contribution in [2.75, 3.05) is 12.5 Å². The van der Waals surface area contributed by atoms with Crippen LogP contribution in [-0.4, -0.2) is 30.4 Å². The summed E-state index contributed by atoms with van der Waals surface area (Å²) in [5.41, 5.74) is 4.34. The molecule has 122 valence electrons. The predicted octanol–water partition coefficient (Wildman–Crippen LogP) is 3.47. The van der Waals surface area contributed by atoms with Crippen molar-refractivity contribution in [1.82, 2.24) is 4.98 Å². The fraction of sp³-hybridized carbons (Fsp3) is 0.312. The van der Waals surface area contributed by atoms with E-state index >= 15 is 0 Å². The molecule has 1 N–H and O–H groups in total. The first-order chi connectivity index (χ1) is 11.0. The van der Waals surface area contributed by atoms with Gasteiger partial charge in [0.15, 0.2) is 0 Å². The van der Waals surface area contributed by atoms with Gasteiger partial charge in [0.05, 0.1) is 25.1 Å². The van der Waals surface area contributed by atoms with Crippen molar-refractivity contribution < 1.29 is 14.3 Å². The highest BCUT2D eigenvalue weighted by atomic mass is 32.1. The number of esters is 1. The van der Waals surface area contributed by atoms with Crippen LogP contribution in [0.3, 0.4) is 0 Å². The lowest BCUT2D eigenvalue weighted by Gasteiger charge is -2.09. The summed E-state index contributed by atoms with van der Waals surface area (Å²) in [6, 6.07) is 7.63. The second-order valence-electron chi connectivity index (χ2n) is 5.03. The Bertz CT molecular complexity index is 710. The van der Waals surface area contributed by atoms with Crippen molar-refractivity contribution >= 4 is 28.7 Å². The molecule has 0 unspecified atom stereocenters. The van der Waals surface area contributed by atoms with Gasteiger partial charge in [0.25, 0.3) is 0 Å². The number of ether oxygens (including phenoxy) is 2. The Kier molecular flexibility index (Phi) is 5.70. The molecule has 1 aromatic carbocycles. The molecule has 0 aliphatic heterocycles. The summed E-state index contributed by atoms with van der Waals surface area (Å²) in [6.07, 6.45) is 1.79. The Morgan fingerprint density at radius 3 is 2.91 bits per heavy atom. The number of carbonyl (C=O) groups is 1. The molecule has 2 rings (SSSR count). The van der Waals surface area contributed by atoms with Crippen LogP contribution < -0.4 is 10.2 Å². The largest absolute Gasteiger partial charge is 0.491 e. The Balaban J connectivity index is 2.03. The molecule has 0 aliphatic rings. The summed E-state index contributed by atoms with van der Waals surface area (Å²) in [6.45, 7) is 5.71. The molecule has 0 radical (unpaired) electrons. The van der Waals surface area contributed by atoms with Crippen LogP contribution in [0.4, 0.5) is 5.13 Å². The third-order valence-electron chi connectivity index (χ3n) is 2.77. The van der Waals surface area contributed by atoms with Crippen LogP contribution in [0.1, 0.15) is 34.8 Å². The zero-order valence-corrected chi connectivity index (χ0v) is 14.3. The first-order valence-electron chi connectivity index (χ1n) is 7.11. The van der Waals surface area contributed by atoms with Gasteiger partial charge >= 0.3 is 5.97 Å². The van der Waals surface area contributed by atoms with E-state index in [0.29, 0.717) is 15.7 Å². The quantitative estimate of drug-likeness (QED) is 0.498. The molecule has 2 aromatic rings. The van der Waals surface area contributed by atoms with E-state index in [9.17, 15) is 4.79 Å². The van der Waals surface area contributed by atoms with E-state index in [1.54, 1.807) is 13.1 Å². The number of rotatable bonds is 6. The van der Waals surface area contributed by atoms with Crippen molar-refractivity contribution in [2.24, 2.45) is 5.10 Å². The van der Waals surface area contributed by atoms with E-state index in [0.717, 1.165) is 11.3 Å². The minimum atomic E-state index is -0.393. The number of hydrazone groups is 1. The average Bonchev–Trinajstić information content (AvgIpc) is 2.87. The van der Waals surface area contributed by atoms with Crippen LogP contribution in [0.2, 0.25) is 0 Å². The number of methoxy groups -OCH3 is 1.